The van der Waals surface area contributed by atoms with Gasteiger partial charge in [0.2, 0.25) is 0 Å². The summed E-state index contributed by atoms with van der Waals surface area (Å²) in [6.45, 7) is 17.5. The van der Waals surface area contributed by atoms with Crippen molar-refractivity contribution >= 4 is 12.4 Å². The summed E-state index contributed by atoms with van der Waals surface area (Å²) in [5.41, 5.74) is 3.74. The largest absolute Gasteiger partial charge is 0.310 e. The number of imidazole rings is 1. The predicted molar refractivity (Wildman–Crippen MR) is 121 cm³/mol. The molecular formula is C24H39N3. The summed E-state index contributed by atoms with van der Waals surface area (Å²) >= 11 is 0. The molecule has 150 valence electrons. The molecule has 0 aliphatic carbocycles. The van der Waals surface area contributed by atoms with E-state index >= 15 is 0 Å². The molecule has 0 fully saturated rings. The van der Waals surface area contributed by atoms with Crippen LogP contribution in [0, 0.1) is 5.92 Å². The summed E-state index contributed by atoms with van der Waals surface area (Å²) in [6.07, 6.45) is 15.6. The molecule has 1 aromatic rings. The average Bonchev–Trinajstić information content (AvgIpc) is 3.05. The molecule has 3 nitrogen and oxygen atoms in total. The van der Waals surface area contributed by atoms with Gasteiger partial charge in [0.25, 0.3) is 0 Å². The van der Waals surface area contributed by atoms with E-state index in [4.69, 9.17) is 4.98 Å². The first-order valence-corrected chi connectivity index (χ1v) is 10.3. The molecule has 0 N–H and O–H groups in total. The predicted octanol–water partition coefficient (Wildman–Crippen LogP) is 6.61. The highest BCUT2D eigenvalue weighted by atomic mass is 15.1. The minimum atomic E-state index is 0.0222. The third kappa shape index (κ3) is 6.34. The molecule has 0 saturated carbocycles. The van der Waals surface area contributed by atoms with Gasteiger partial charge in [-0.1, -0.05) is 66.7 Å². The molecule has 0 bridgehead atoms. The fourth-order valence-corrected chi connectivity index (χ4v) is 3.02. The van der Waals surface area contributed by atoms with E-state index in [-0.39, 0.29) is 5.41 Å². The molecular weight excluding hydrogens is 330 g/mol. The first-order valence-electron chi connectivity index (χ1n) is 10.3. The molecule has 3 heteroatoms. The Morgan fingerprint density at radius 2 is 1.96 bits per heavy atom. The van der Waals surface area contributed by atoms with E-state index < -0.39 is 0 Å². The summed E-state index contributed by atoms with van der Waals surface area (Å²) in [5.74, 6) is 1.66. The number of aromatic nitrogens is 2. The summed E-state index contributed by atoms with van der Waals surface area (Å²) < 4.78 is 2.22. The zero-order valence-electron chi connectivity index (χ0n) is 18.5. The standard InChI is InChI=1S/C24H39N3/c1-9-12-16-27-18-22(26-23(27)24(6,7)19(4)5)15-14-21(17-25-8)20(11-3)13-10-2/h11-12,16-19H,3,9-10,13-15H2,1-2,4-8H3/b16-12-,21-20+,25-17-. The Balaban J connectivity index is 3.18. The number of aliphatic imine (C=N–C) groups is 1. The Morgan fingerprint density at radius 3 is 2.48 bits per heavy atom. The molecule has 0 aliphatic heterocycles. The van der Waals surface area contributed by atoms with Gasteiger partial charge in [-0.15, -0.1) is 0 Å². The third-order valence-corrected chi connectivity index (χ3v) is 5.42. The van der Waals surface area contributed by atoms with E-state index in [1.54, 1.807) is 0 Å². The van der Waals surface area contributed by atoms with E-state index in [0.29, 0.717) is 5.92 Å². The number of aryl methyl sites for hydroxylation is 1. The fourth-order valence-electron chi connectivity index (χ4n) is 3.02. The first kappa shape index (κ1) is 23.1. The van der Waals surface area contributed by atoms with Crippen LogP contribution in [0.25, 0.3) is 6.20 Å². The minimum absolute atomic E-state index is 0.0222. The van der Waals surface area contributed by atoms with Crippen molar-refractivity contribution in [3.05, 3.63) is 47.6 Å². The lowest BCUT2D eigenvalue weighted by atomic mass is 9.80. The highest BCUT2D eigenvalue weighted by Gasteiger charge is 2.29. The number of rotatable bonds is 11. The van der Waals surface area contributed by atoms with Gasteiger partial charge in [-0.05, 0) is 42.7 Å². The average molecular weight is 370 g/mol. The molecule has 1 rings (SSSR count). The SMILES string of the molecule is C=C/C(CCC)=C(\C=N/C)CCc1cn(/C=C\CC)c(C(C)(C)C(C)C)n1. The maximum Gasteiger partial charge on any atom is 0.118 e. The van der Waals surface area contributed by atoms with Gasteiger partial charge in [0.05, 0.1) is 5.69 Å². The van der Waals surface area contributed by atoms with Crippen LogP contribution in [0.5, 0.6) is 0 Å². The van der Waals surface area contributed by atoms with E-state index in [9.17, 15) is 0 Å². The van der Waals surface area contributed by atoms with Gasteiger partial charge < -0.3 is 4.57 Å². The molecule has 0 amide bonds. The van der Waals surface area contributed by atoms with Crippen LogP contribution >= 0.6 is 0 Å². The van der Waals surface area contributed by atoms with Crippen LogP contribution in [-0.2, 0) is 11.8 Å². The topological polar surface area (TPSA) is 30.2 Å². The van der Waals surface area contributed by atoms with Gasteiger partial charge in [-0.2, -0.15) is 0 Å². The van der Waals surface area contributed by atoms with Crippen LogP contribution in [0.3, 0.4) is 0 Å². The van der Waals surface area contributed by atoms with Crippen LogP contribution in [-0.4, -0.2) is 22.8 Å². The quantitative estimate of drug-likeness (QED) is 0.319. The Bertz CT molecular complexity index is 684. The minimum Gasteiger partial charge on any atom is -0.310 e. The van der Waals surface area contributed by atoms with Crippen molar-refractivity contribution in [3.8, 4) is 0 Å². The smallest absolute Gasteiger partial charge is 0.118 e. The van der Waals surface area contributed by atoms with Crippen molar-refractivity contribution in [2.24, 2.45) is 10.9 Å². The Hall–Kier alpha value is -1.90. The molecule has 0 spiro atoms. The normalized spacial score (nSPS) is 13.8. The maximum atomic E-state index is 5.04. The second-order valence-corrected chi connectivity index (χ2v) is 8.02. The van der Waals surface area contributed by atoms with E-state index in [1.807, 2.05) is 19.3 Å². The van der Waals surface area contributed by atoms with Gasteiger partial charge in [-0.25, -0.2) is 4.98 Å². The molecule has 0 unspecified atom stereocenters. The molecule has 0 saturated heterocycles. The lowest BCUT2D eigenvalue weighted by Gasteiger charge is -2.28. The van der Waals surface area contributed by atoms with Gasteiger partial charge >= 0.3 is 0 Å². The van der Waals surface area contributed by atoms with Crippen LogP contribution in [0.1, 0.15) is 78.7 Å². The lowest BCUT2D eigenvalue weighted by molar-refractivity contribution is 0.349. The number of nitrogens with zero attached hydrogens (tertiary/aromatic N) is 3. The van der Waals surface area contributed by atoms with Crippen molar-refractivity contribution in [3.63, 3.8) is 0 Å². The Morgan fingerprint density at radius 1 is 1.26 bits per heavy atom. The van der Waals surface area contributed by atoms with Crippen molar-refractivity contribution < 1.29 is 0 Å². The number of allylic oxidation sites excluding steroid dienone is 4. The van der Waals surface area contributed by atoms with Crippen LogP contribution < -0.4 is 0 Å². The van der Waals surface area contributed by atoms with Crippen LogP contribution in [0.2, 0.25) is 0 Å². The van der Waals surface area contributed by atoms with E-state index in [0.717, 1.165) is 43.6 Å². The zero-order valence-corrected chi connectivity index (χ0v) is 18.5. The molecule has 0 radical (unpaired) electrons. The number of hydrogen-bond donors (Lipinski definition) is 0. The van der Waals surface area contributed by atoms with Crippen molar-refractivity contribution in [1.29, 1.82) is 0 Å². The highest BCUT2D eigenvalue weighted by Crippen LogP contribution is 2.31. The Labute approximate surface area is 167 Å². The van der Waals surface area contributed by atoms with Crippen molar-refractivity contribution in [2.75, 3.05) is 7.05 Å². The van der Waals surface area contributed by atoms with E-state index in [2.05, 4.69) is 76.2 Å². The van der Waals surface area contributed by atoms with E-state index in [1.165, 1.54) is 11.1 Å². The fraction of sp³-hybridized carbons (Fsp3) is 0.583. The second-order valence-electron chi connectivity index (χ2n) is 8.02. The van der Waals surface area contributed by atoms with Crippen molar-refractivity contribution in [1.82, 2.24) is 9.55 Å². The number of hydrogen-bond acceptors (Lipinski definition) is 2. The maximum absolute atomic E-state index is 5.04. The monoisotopic (exact) mass is 369 g/mol. The molecule has 0 aromatic carbocycles. The summed E-state index contributed by atoms with van der Waals surface area (Å²) in [6, 6.07) is 0. The van der Waals surface area contributed by atoms with Crippen molar-refractivity contribution in [2.45, 2.75) is 79.1 Å². The van der Waals surface area contributed by atoms with Gasteiger partial charge in [0, 0.05) is 31.1 Å². The second kappa shape index (κ2) is 11.1. The first-order chi connectivity index (χ1) is 12.8. The van der Waals surface area contributed by atoms with Gasteiger partial charge in [0.15, 0.2) is 0 Å². The van der Waals surface area contributed by atoms with Gasteiger partial charge in [0.1, 0.15) is 5.82 Å². The summed E-state index contributed by atoms with van der Waals surface area (Å²) in [5, 5.41) is 0. The third-order valence-electron chi connectivity index (χ3n) is 5.42. The molecule has 0 aliphatic rings. The zero-order chi connectivity index (χ0) is 20.4. The summed E-state index contributed by atoms with van der Waals surface area (Å²) in [4.78, 5) is 9.30. The van der Waals surface area contributed by atoms with Gasteiger partial charge in [-0.3, -0.25) is 4.99 Å². The Kier molecular flexibility index (Phi) is 9.48. The molecule has 27 heavy (non-hydrogen) atoms. The molecule has 1 aromatic heterocycles. The lowest BCUT2D eigenvalue weighted by Crippen LogP contribution is -2.27. The summed E-state index contributed by atoms with van der Waals surface area (Å²) in [7, 11) is 1.83. The van der Waals surface area contributed by atoms with Crippen LogP contribution in [0.15, 0.2) is 41.1 Å². The molecule has 1 heterocycles. The highest BCUT2D eigenvalue weighted by molar-refractivity contribution is 5.80. The molecule has 0 atom stereocenters. The van der Waals surface area contributed by atoms with Crippen LogP contribution in [0.4, 0.5) is 0 Å².